The van der Waals surface area contributed by atoms with E-state index < -0.39 is 5.60 Å². The molecule has 0 aliphatic carbocycles. The Morgan fingerprint density at radius 1 is 1.17 bits per heavy atom. The molecule has 0 saturated carbocycles. The van der Waals surface area contributed by atoms with Gasteiger partial charge >= 0.3 is 0 Å². The van der Waals surface area contributed by atoms with Crippen LogP contribution in [0.3, 0.4) is 0 Å². The van der Waals surface area contributed by atoms with Crippen molar-refractivity contribution >= 4 is 8.41 Å². The Morgan fingerprint density at radius 3 is 1.17 bits per heavy atom. The molecule has 0 aromatic rings. The fourth-order valence-electron chi connectivity index (χ4n) is 0. The lowest BCUT2D eigenvalue weighted by Crippen LogP contribution is -2.10. The molecule has 0 spiro atoms. The fraction of sp³-hybridized carbons (Fsp3) is 1.00. The number of rotatable bonds is 0. The molecule has 1 N–H and O–H groups in total. The van der Waals surface area contributed by atoms with Crippen molar-refractivity contribution in [1.82, 2.24) is 0 Å². The smallest absolute Gasteiger partial charge is 0.0563 e. The molecule has 0 amide bonds. The monoisotopic (exact) mass is 85.1 g/mol. The fourth-order valence-corrected chi connectivity index (χ4v) is 0. The Hall–Kier alpha value is 0.0249. The second kappa shape index (κ2) is 2.24. The average Bonchev–Trinajstić information content (AvgIpc) is 0.722. The van der Waals surface area contributed by atoms with E-state index in [1.165, 1.54) is 0 Å². The van der Waals surface area contributed by atoms with E-state index in [1.807, 2.05) is 0 Å². The summed E-state index contributed by atoms with van der Waals surface area (Å²) >= 11 is 0. The highest BCUT2D eigenvalue weighted by atomic mass is 16.3. The Balaban J connectivity index is 0. The molecule has 1 nitrogen and oxygen atoms in total. The van der Waals surface area contributed by atoms with Crippen molar-refractivity contribution < 1.29 is 5.11 Å². The lowest BCUT2D eigenvalue weighted by molar-refractivity contribution is 0.102. The molecule has 0 aromatic carbocycles. The minimum Gasteiger partial charge on any atom is -0.391 e. The molecule has 0 atom stereocenters. The highest BCUT2D eigenvalue weighted by molar-refractivity contribution is 5.75. The van der Waals surface area contributed by atoms with Gasteiger partial charge in [-0.1, -0.05) is 0 Å². The van der Waals surface area contributed by atoms with E-state index in [2.05, 4.69) is 0 Å². The zero-order chi connectivity index (χ0) is 4.50. The van der Waals surface area contributed by atoms with Gasteiger partial charge in [0.15, 0.2) is 0 Å². The van der Waals surface area contributed by atoms with Crippen molar-refractivity contribution in [2.45, 2.75) is 26.4 Å². The van der Waals surface area contributed by atoms with Crippen molar-refractivity contribution in [3.63, 3.8) is 0 Å². The molecule has 6 heavy (non-hydrogen) atoms. The van der Waals surface area contributed by atoms with Crippen LogP contribution in [0.2, 0.25) is 0 Å². The highest BCUT2D eigenvalue weighted by Gasteiger charge is 1.97. The average molecular weight is 84.9 g/mol. The first kappa shape index (κ1) is 9.39. The molecular weight excluding hydrogens is 74.9 g/mol. The molecule has 0 bridgehead atoms. The Kier molecular flexibility index (Phi) is 3.51. The summed E-state index contributed by atoms with van der Waals surface area (Å²) in [6, 6.07) is 0. The summed E-state index contributed by atoms with van der Waals surface area (Å²) in [5.74, 6) is 0. The third-order valence-electron chi connectivity index (χ3n) is 0. The van der Waals surface area contributed by atoms with Crippen LogP contribution in [0.5, 0.6) is 0 Å². The van der Waals surface area contributed by atoms with Gasteiger partial charge in [-0.2, -0.15) is 0 Å². The Labute approximate surface area is 41.0 Å². The van der Waals surface area contributed by atoms with Crippen LogP contribution < -0.4 is 0 Å². The first-order valence-corrected chi connectivity index (χ1v) is 1.72. The van der Waals surface area contributed by atoms with Crippen LogP contribution in [-0.4, -0.2) is 19.1 Å². The second-order valence-corrected chi connectivity index (χ2v) is 2.17. The van der Waals surface area contributed by atoms with Gasteiger partial charge in [-0.25, -0.2) is 0 Å². The molecule has 2 heteroatoms. The van der Waals surface area contributed by atoms with Gasteiger partial charge in [-0.15, -0.1) is 0 Å². The van der Waals surface area contributed by atoms with Gasteiger partial charge in [0.1, 0.15) is 0 Å². The predicted octanol–water partition coefficient (Wildman–Crippen LogP) is 0.396. The Morgan fingerprint density at radius 2 is 1.17 bits per heavy atom. The molecule has 3 radical (unpaired) electrons. The van der Waals surface area contributed by atoms with Crippen LogP contribution in [0.4, 0.5) is 0 Å². The SMILES string of the molecule is CC(C)(C)O.[B]. The van der Waals surface area contributed by atoms with E-state index >= 15 is 0 Å². The Bertz CT molecular complexity index is 23.0. The third kappa shape index (κ3) is 59200. The van der Waals surface area contributed by atoms with Crippen LogP contribution >= 0.6 is 0 Å². The molecule has 0 rings (SSSR count). The van der Waals surface area contributed by atoms with Gasteiger partial charge in [-0.3, -0.25) is 0 Å². The lowest BCUT2D eigenvalue weighted by Gasteiger charge is -2.04. The van der Waals surface area contributed by atoms with Crippen LogP contribution in [-0.2, 0) is 0 Å². The summed E-state index contributed by atoms with van der Waals surface area (Å²) in [6.45, 7) is 5.23. The summed E-state index contributed by atoms with van der Waals surface area (Å²) in [4.78, 5) is 0. The lowest BCUT2D eigenvalue weighted by atomic mass is 10.2. The summed E-state index contributed by atoms with van der Waals surface area (Å²) in [5.41, 5.74) is -0.500. The maximum absolute atomic E-state index is 8.52. The van der Waals surface area contributed by atoms with E-state index in [-0.39, 0.29) is 8.41 Å². The van der Waals surface area contributed by atoms with Crippen molar-refractivity contribution in [2.24, 2.45) is 0 Å². The summed E-state index contributed by atoms with van der Waals surface area (Å²) < 4.78 is 0. The largest absolute Gasteiger partial charge is 0.391 e. The van der Waals surface area contributed by atoms with E-state index in [0.717, 1.165) is 0 Å². The second-order valence-electron chi connectivity index (χ2n) is 2.17. The number of hydrogen-bond donors (Lipinski definition) is 1. The van der Waals surface area contributed by atoms with Crippen molar-refractivity contribution in [1.29, 1.82) is 0 Å². The molecule has 0 aliphatic rings. The van der Waals surface area contributed by atoms with Crippen LogP contribution in [0.1, 0.15) is 20.8 Å². The number of hydrogen-bond acceptors (Lipinski definition) is 1. The topological polar surface area (TPSA) is 20.2 Å². The van der Waals surface area contributed by atoms with Crippen LogP contribution in [0.25, 0.3) is 0 Å². The normalized spacial score (nSPS) is 10.0. The molecule has 0 fully saturated rings. The van der Waals surface area contributed by atoms with Gasteiger partial charge in [-0.05, 0) is 20.8 Å². The summed E-state index contributed by atoms with van der Waals surface area (Å²) in [6.07, 6.45) is 0. The standard InChI is InChI=1S/C4H10O.B/c1-4(2,3)5;/h5H,1-3H3;. The van der Waals surface area contributed by atoms with Gasteiger partial charge in [0.05, 0.1) is 5.60 Å². The van der Waals surface area contributed by atoms with Crippen LogP contribution in [0, 0.1) is 0 Å². The quantitative estimate of drug-likeness (QED) is 0.422. The van der Waals surface area contributed by atoms with E-state index in [1.54, 1.807) is 20.8 Å². The maximum atomic E-state index is 8.52. The molecule has 35 valence electrons. The van der Waals surface area contributed by atoms with Gasteiger partial charge in [0.25, 0.3) is 0 Å². The minimum absolute atomic E-state index is 0. The highest BCUT2D eigenvalue weighted by Crippen LogP contribution is 1.93. The predicted molar refractivity (Wildman–Crippen MR) is 27.7 cm³/mol. The maximum Gasteiger partial charge on any atom is 0.0563 e. The molecule has 0 heterocycles. The molecule has 0 aromatic heterocycles. The zero-order valence-corrected chi connectivity index (χ0v) is 4.52. The molecule has 0 saturated heterocycles. The van der Waals surface area contributed by atoms with E-state index in [4.69, 9.17) is 5.11 Å². The zero-order valence-electron chi connectivity index (χ0n) is 4.52. The number of aliphatic hydroxyl groups is 1. The summed E-state index contributed by atoms with van der Waals surface area (Å²) in [7, 11) is 0. The first-order chi connectivity index (χ1) is 2.00. The van der Waals surface area contributed by atoms with Gasteiger partial charge < -0.3 is 5.11 Å². The van der Waals surface area contributed by atoms with Gasteiger partial charge in [0, 0.05) is 8.41 Å². The van der Waals surface area contributed by atoms with Crippen LogP contribution in [0.15, 0.2) is 0 Å². The van der Waals surface area contributed by atoms with Crippen molar-refractivity contribution in [3.05, 3.63) is 0 Å². The molecule has 0 unspecified atom stereocenters. The van der Waals surface area contributed by atoms with Crippen molar-refractivity contribution in [2.75, 3.05) is 0 Å². The minimum atomic E-state index is -0.500. The van der Waals surface area contributed by atoms with E-state index in [9.17, 15) is 0 Å². The summed E-state index contributed by atoms with van der Waals surface area (Å²) in [5, 5.41) is 8.52. The van der Waals surface area contributed by atoms with Crippen molar-refractivity contribution in [3.8, 4) is 0 Å². The van der Waals surface area contributed by atoms with E-state index in [0.29, 0.717) is 0 Å². The van der Waals surface area contributed by atoms with Gasteiger partial charge in [0.2, 0.25) is 0 Å². The molecular formula is C4H10BO. The third-order valence-corrected chi connectivity index (χ3v) is 0. The first-order valence-electron chi connectivity index (χ1n) is 1.72. The molecule has 0 aliphatic heterocycles.